The average molecular weight is 467 g/mol. The first-order valence-electron chi connectivity index (χ1n) is 12.5. The second-order valence-electron chi connectivity index (χ2n) is 11.0. The number of ether oxygens (including phenoxy) is 2. The minimum Gasteiger partial charge on any atom is -0.497 e. The van der Waals surface area contributed by atoms with E-state index >= 15 is 0 Å². The van der Waals surface area contributed by atoms with Crippen molar-refractivity contribution in [3.8, 4) is 5.75 Å². The van der Waals surface area contributed by atoms with Crippen molar-refractivity contribution in [2.45, 2.75) is 111 Å². The van der Waals surface area contributed by atoms with Gasteiger partial charge in [0.2, 0.25) is 0 Å². The second-order valence-corrected chi connectivity index (χ2v) is 15.9. The highest BCUT2D eigenvalue weighted by atomic mass is 28.4. The van der Waals surface area contributed by atoms with E-state index < -0.39 is 14.4 Å². The lowest BCUT2D eigenvalue weighted by Gasteiger charge is -2.36. The Labute approximate surface area is 199 Å². The Balaban J connectivity index is 2.66. The van der Waals surface area contributed by atoms with Crippen molar-refractivity contribution >= 4 is 8.32 Å². The Hall–Kier alpha value is -0.883. The minimum absolute atomic E-state index is 0.160. The third-order valence-electron chi connectivity index (χ3n) is 7.08. The fourth-order valence-corrected chi connectivity index (χ4v) is 4.72. The Kier molecular flexibility index (Phi) is 12.5. The molecule has 1 aromatic carbocycles. The molecule has 0 radical (unpaired) electrons. The molecule has 0 unspecified atom stereocenters. The van der Waals surface area contributed by atoms with Gasteiger partial charge in [-0.25, -0.2) is 0 Å². The van der Waals surface area contributed by atoms with Crippen LogP contribution in [0.15, 0.2) is 24.3 Å². The molecule has 186 valence electrons. The largest absolute Gasteiger partial charge is 0.497 e. The molecule has 0 saturated carbocycles. The molecule has 0 aromatic heterocycles. The lowest BCUT2D eigenvalue weighted by molar-refractivity contribution is -0.0819. The molecule has 0 aliphatic heterocycles. The van der Waals surface area contributed by atoms with Gasteiger partial charge in [-0.15, -0.1) is 0 Å². The monoisotopic (exact) mass is 466 g/mol. The van der Waals surface area contributed by atoms with Crippen molar-refractivity contribution in [2.24, 2.45) is 11.8 Å². The van der Waals surface area contributed by atoms with Gasteiger partial charge < -0.3 is 19.0 Å². The Morgan fingerprint density at radius 1 is 1.03 bits per heavy atom. The predicted octanol–water partition coefficient (Wildman–Crippen LogP) is 7.21. The highest BCUT2D eigenvalue weighted by Crippen LogP contribution is 2.36. The molecule has 0 spiro atoms. The molecular formula is C27H50O4Si. The molecule has 5 heteroatoms. The van der Waals surface area contributed by atoms with Gasteiger partial charge in [-0.3, -0.25) is 0 Å². The number of aliphatic hydroxyl groups is 1. The van der Waals surface area contributed by atoms with Gasteiger partial charge in [0.15, 0.2) is 8.32 Å². The fourth-order valence-electron chi connectivity index (χ4n) is 3.66. The molecule has 0 fully saturated rings. The first kappa shape index (κ1) is 29.1. The molecule has 0 aliphatic rings. The number of hydrogen-bond donors (Lipinski definition) is 1. The summed E-state index contributed by atoms with van der Waals surface area (Å²) in [5, 5.41) is 11.3. The fraction of sp³-hybridized carbons (Fsp3) is 0.778. The number of unbranched alkanes of at least 4 members (excludes halogenated alkanes) is 1. The zero-order valence-electron chi connectivity index (χ0n) is 22.2. The van der Waals surface area contributed by atoms with Crippen LogP contribution in [0.3, 0.4) is 0 Å². The molecule has 0 aliphatic carbocycles. The quantitative estimate of drug-likeness (QED) is 0.277. The van der Waals surface area contributed by atoms with Crippen LogP contribution in [0.1, 0.15) is 79.2 Å². The highest BCUT2D eigenvalue weighted by molar-refractivity contribution is 6.74. The van der Waals surface area contributed by atoms with Crippen LogP contribution in [0, 0.1) is 11.8 Å². The van der Waals surface area contributed by atoms with E-state index in [0.29, 0.717) is 18.4 Å². The lowest BCUT2D eigenvalue weighted by Crippen LogP contribution is -2.41. The Morgan fingerprint density at radius 3 is 2.19 bits per heavy atom. The third kappa shape index (κ3) is 9.94. The van der Waals surface area contributed by atoms with Crippen LogP contribution in [-0.2, 0) is 15.8 Å². The summed E-state index contributed by atoms with van der Waals surface area (Å²) in [5.74, 6) is 1.55. The van der Waals surface area contributed by atoms with Crippen LogP contribution in [0.25, 0.3) is 0 Å². The zero-order chi connectivity index (χ0) is 24.4. The van der Waals surface area contributed by atoms with E-state index in [1.807, 2.05) is 24.3 Å². The van der Waals surface area contributed by atoms with E-state index in [-0.39, 0.29) is 11.1 Å². The van der Waals surface area contributed by atoms with Crippen molar-refractivity contribution in [2.75, 3.05) is 13.7 Å². The summed E-state index contributed by atoms with van der Waals surface area (Å²) in [4.78, 5) is 0. The van der Waals surface area contributed by atoms with Crippen LogP contribution < -0.4 is 4.74 Å². The summed E-state index contributed by atoms with van der Waals surface area (Å²) in [6.45, 7) is 19.3. The topological polar surface area (TPSA) is 47.9 Å². The molecule has 0 saturated heterocycles. The predicted molar refractivity (Wildman–Crippen MR) is 138 cm³/mol. The van der Waals surface area contributed by atoms with Crippen LogP contribution in [-0.4, -0.2) is 39.3 Å². The van der Waals surface area contributed by atoms with Crippen LogP contribution >= 0.6 is 0 Å². The number of benzene rings is 1. The zero-order valence-corrected chi connectivity index (χ0v) is 23.2. The van der Waals surface area contributed by atoms with Gasteiger partial charge in [0.25, 0.3) is 0 Å². The number of rotatable bonds is 15. The molecule has 1 rings (SSSR count). The second kappa shape index (κ2) is 13.7. The summed E-state index contributed by atoms with van der Waals surface area (Å²) in [6, 6.07) is 7.96. The van der Waals surface area contributed by atoms with Gasteiger partial charge in [0, 0.05) is 6.61 Å². The lowest BCUT2D eigenvalue weighted by atomic mass is 9.89. The number of aliphatic hydroxyl groups excluding tert-OH is 1. The number of methoxy groups -OCH3 is 1. The Morgan fingerprint density at radius 2 is 1.66 bits per heavy atom. The van der Waals surface area contributed by atoms with E-state index in [4.69, 9.17) is 13.9 Å². The normalized spacial score (nSPS) is 16.4. The van der Waals surface area contributed by atoms with Gasteiger partial charge in [0.05, 0.1) is 25.9 Å². The van der Waals surface area contributed by atoms with Gasteiger partial charge in [-0.2, -0.15) is 0 Å². The van der Waals surface area contributed by atoms with E-state index in [2.05, 4.69) is 54.6 Å². The summed E-state index contributed by atoms with van der Waals surface area (Å²) in [7, 11) is -0.0472. The molecule has 4 nitrogen and oxygen atoms in total. The van der Waals surface area contributed by atoms with Crippen molar-refractivity contribution in [3.63, 3.8) is 0 Å². The maximum Gasteiger partial charge on any atom is 0.191 e. The maximum absolute atomic E-state index is 11.1. The molecular weight excluding hydrogens is 416 g/mol. The molecule has 1 aromatic rings. The van der Waals surface area contributed by atoms with Gasteiger partial charge in [-0.1, -0.05) is 66.5 Å². The first-order valence-corrected chi connectivity index (χ1v) is 15.4. The molecule has 0 bridgehead atoms. The van der Waals surface area contributed by atoms with Crippen LogP contribution in [0.4, 0.5) is 0 Å². The minimum atomic E-state index is -1.72. The van der Waals surface area contributed by atoms with Gasteiger partial charge in [0.1, 0.15) is 5.75 Å². The van der Waals surface area contributed by atoms with Crippen molar-refractivity contribution in [1.82, 2.24) is 0 Å². The summed E-state index contributed by atoms with van der Waals surface area (Å²) >= 11 is 0. The maximum atomic E-state index is 11.1. The van der Waals surface area contributed by atoms with Gasteiger partial charge >= 0.3 is 0 Å². The number of hydrogen-bond acceptors (Lipinski definition) is 4. The van der Waals surface area contributed by atoms with E-state index in [1.165, 1.54) is 0 Å². The standard InChI is InChI=1S/C27H50O4Si/c1-10-11-12-22(3)26(30-20-23-13-15-24(29-7)16-14-23)25(28)19-21(2)17-18-31-32(8,9)27(4,5)6/h13-16,21-22,25-26,28H,10-12,17-20H2,1-9H3/t21-,22+,25-,26+/m0/s1. The van der Waals surface area contributed by atoms with E-state index in [0.717, 1.165) is 50.0 Å². The summed E-state index contributed by atoms with van der Waals surface area (Å²) in [5.41, 5.74) is 1.10. The molecule has 1 N–H and O–H groups in total. The molecule has 0 amide bonds. The third-order valence-corrected chi connectivity index (χ3v) is 11.6. The van der Waals surface area contributed by atoms with Crippen molar-refractivity contribution < 1.29 is 19.0 Å². The Bertz CT molecular complexity index is 624. The van der Waals surface area contributed by atoms with Gasteiger partial charge in [-0.05, 0) is 66.9 Å². The summed E-state index contributed by atoms with van der Waals surface area (Å²) in [6.07, 6.45) is 4.47. The molecule has 4 atom stereocenters. The average Bonchev–Trinajstić information content (AvgIpc) is 2.71. The first-order chi connectivity index (χ1) is 14.9. The summed E-state index contributed by atoms with van der Waals surface area (Å²) < 4.78 is 17.9. The molecule has 0 heterocycles. The SMILES string of the molecule is CCCC[C@@H](C)[C@@H](OCc1ccc(OC)cc1)[C@@H](O)C[C@@H](C)CCO[Si](C)(C)C(C)(C)C. The van der Waals surface area contributed by atoms with Crippen LogP contribution in [0.2, 0.25) is 18.1 Å². The van der Waals surface area contributed by atoms with Crippen molar-refractivity contribution in [1.29, 1.82) is 0 Å². The van der Waals surface area contributed by atoms with Crippen molar-refractivity contribution in [3.05, 3.63) is 29.8 Å². The smallest absolute Gasteiger partial charge is 0.191 e. The van der Waals surface area contributed by atoms with E-state index in [9.17, 15) is 5.11 Å². The highest BCUT2D eigenvalue weighted by Gasteiger charge is 2.37. The van der Waals surface area contributed by atoms with Crippen LogP contribution in [0.5, 0.6) is 5.75 Å². The molecule has 32 heavy (non-hydrogen) atoms. The van der Waals surface area contributed by atoms with E-state index in [1.54, 1.807) is 7.11 Å².